The van der Waals surface area contributed by atoms with Crippen LogP contribution in [0, 0.1) is 13.8 Å². The van der Waals surface area contributed by atoms with E-state index < -0.39 is 0 Å². The summed E-state index contributed by atoms with van der Waals surface area (Å²) in [4.78, 5) is 5.53. The molecule has 0 saturated heterocycles. The zero-order chi connectivity index (χ0) is 16.5. The summed E-state index contributed by atoms with van der Waals surface area (Å²) in [6.07, 6.45) is 0.876. The van der Waals surface area contributed by atoms with Crippen molar-refractivity contribution >= 4 is 17.7 Å². The highest BCUT2D eigenvalue weighted by atomic mass is 32.2. The lowest BCUT2D eigenvalue weighted by molar-refractivity contribution is 0.392. The second kappa shape index (κ2) is 9.25. The molecule has 0 saturated carbocycles. The summed E-state index contributed by atoms with van der Waals surface area (Å²) in [5.74, 6) is 2.71. The zero-order valence-corrected chi connectivity index (χ0v) is 14.7. The molecule has 0 unspecified atom stereocenters. The minimum Gasteiger partial charge on any atom is -0.361 e. The highest BCUT2D eigenvalue weighted by molar-refractivity contribution is 7.99. The first-order valence-corrected chi connectivity index (χ1v) is 8.73. The fraction of sp³-hybridized carbons (Fsp3) is 0.412. The van der Waals surface area contributed by atoms with E-state index in [2.05, 4.69) is 45.0 Å². The molecule has 2 N–H and O–H groups in total. The second-order valence-electron chi connectivity index (χ2n) is 5.14. The van der Waals surface area contributed by atoms with Gasteiger partial charge in [-0.15, -0.1) is 11.8 Å². The van der Waals surface area contributed by atoms with Gasteiger partial charge in [0.05, 0.1) is 5.69 Å². The summed E-state index contributed by atoms with van der Waals surface area (Å²) in [6.45, 7) is 5.59. The highest BCUT2D eigenvalue weighted by Crippen LogP contribution is 2.15. The summed E-state index contributed by atoms with van der Waals surface area (Å²) in [5, 5.41) is 10.6. The van der Waals surface area contributed by atoms with Crippen LogP contribution in [-0.4, -0.2) is 37.0 Å². The van der Waals surface area contributed by atoms with E-state index in [0.29, 0.717) is 0 Å². The molecule has 2 aromatic rings. The van der Waals surface area contributed by atoms with Crippen LogP contribution in [0.1, 0.15) is 17.0 Å². The molecule has 23 heavy (non-hydrogen) atoms. The number of aromatic nitrogens is 1. The predicted octanol–water partition coefficient (Wildman–Crippen LogP) is 2.79. The van der Waals surface area contributed by atoms with E-state index in [1.165, 1.54) is 10.5 Å². The molecule has 0 aliphatic heterocycles. The molecule has 0 fully saturated rings. The summed E-state index contributed by atoms with van der Waals surface area (Å²) in [5.41, 5.74) is 2.14. The van der Waals surface area contributed by atoms with Crippen molar-refractivity contribution in [3.05, 3.63) is 47.3 Å². The Kier molecular flexibility index (Phi) is 7.00. The molecule has 0 radical (unpaired) electrons. The van der Waals surface area contributed by atoms with Gasteiger partial charge in [0.25, 0.3) is 0 Å². The SMILES string of the molecule is CN=C(NCCSc1ccccc1)NCCc1c(C)noc1C. The monoisotopic (exact) mass is 332 g/mol. The molecule has 0 atom stereocenters. The molecule has 0 aliphatic carbocycles. The molecule has 0 amide bonds. The summed E-state index contributed by atoms with van der Waals surface area (Å²) < 4.78 is 5.17. The Balaban J connectivity index is 1.66. The molecule has 1 aromatic carbocycles. The van der Waals surface area contributed by atoms with Crippen molar-refractivity contribution in [2.45, 2.75) is 25.2 Å². The van der Waals surface area contributed by atoms with Gasteiger partial charge < -0.3 is 15.2 Å². The highest BCUT2D eigenvalue weighted by Gasteiger charge is 2.08. The zero-order valence-electron chi connectivity index (χ0n) is 13.9. The first kappa shape index (κ1) is 17.4. The third kappa shape index (κ3) is 5.63. The van der Waals surface area contributed by atoms with Crippen LogP contribution in [0.4, 0.5) is 0 Å². The molecule has 5 nitrogen and oxygen atoms in total. The average Bonchev–Trinajstić information content (AvgIpc) is 2.89. The Morgan fingerprint density at radius 2 is 1.91 bits per heavy atom. The van der Waals surface area contributed by atoms with Gasteiger partial charge in [0.1, 0.15) is 5.76 Å². The minimum atomic E-state index is 0.800. The first-order chi connectivity index (χ1) is 11.2. The van der Waals surface area contributed by atoms with Gasteiger partial charge in [-0.25, -0.2) is 0 Å². The fourth-order valence-electron chi connectivity index (χ4n) is 2.24. The lowest BCUT2D eigenvalue weighted by Gasteiger charge is -2.11. The molecule has 124 valence electrons. The quantitative estimate of drug-likeness (QED) is 0.353. The van der Waals surface area contributed by atoms with Gasteiger partial charge in [-0.2, -0.15) is 0 Å². The lowest BCUT2D eigenvalue weighted by Crippen LogP contribution is -2.39. The number of nitrogens with zero attached hydrogens (tertiary/aromatic N) is 2. The van der Waals surface area contributed by atoms with Gasteiger partial charge in [-0.05, 0) is 32.4 Å². The number of nitrogens with one attached hydrogen (secondary N) is 2. The van der Waals surface area contributed by atoms with Crippen molar-refractivity contribution in [3.8, 4) is 0 Å². The molecule has 1 aromatic heterocycles. The molecule has 1 heterocycles. The fourth-order valence-corrected chi connectivity index (χ4v) is 3.03. The molecule has 0 aliphatic rings. The van der Waals surface area contributed by atoms with Gasteiger partial charge in [0.2, 0.25) is 0 Å². The van der Waals surface area contributed by atoms with Crippen molar-refractivity contribution in [1.82, 2.24) is 15.8 Å². The molecule has 6 heteroatoms. The van der Waals surface area contributed by atoms with E-state index in [4.69, 9.17) is 4.52 Å². The second-order valence-corrected chi connectivity index (χ2v) is 6.31. The Morgan fingerprint density at radius 3 is 2.57 bits per heavy atom. The molecule has 2 rings (SSSR count). The van der Waals surface area contributed by atoms with E-state index in [0.717, 1.165) is 42.7 Å². The summed E-state index contributed by atoms with van der Waals surface area (Å²) >= 11 is 1.83. The van der Waals surface area contributed by atoms with Gasteiger partial charge >= 0.3 is 0 Å². The molecule has 0 spiro atoms. The predicted molar refractivity (Wildman–Crippen MR) is 96.2 cm³/mol. The van der Waals surface area contributed by atoms with Crippen LogP contribution in [0.3, 0.4) is 0 Å². The van der Waals surface area contributed by atoms with E-state index in [9.17, 15) is 0 Å². The number of aliphatic imine (C=N–C) groups is 1. The summed E-state index contributed by atoms with van der Waals surface area (Å²) in [7, 11) is 1.79. The van der Waals surface area contributed by atoms with E-state index in [1.807, 2.05) is 31.7 Å². The largest absolute Gasteiger partial charge is 0.361 e. The van der Waals surface area contributed by atoms with Crippen molar-refractivity contribution in [2.24, 2.45) is 4.99 Å². The Labute approximate surface area is 141 Å². The maximum absolute atomic E-state index is 5.17. The Morgan fingerprint density at radius 1 is 1.17 bits per heavy atom. The van der Waals surface area contributed by atoms with Crippen molar-refractivity contribution in [1.29, 1.82) is 0 Å². The van der Waals surface area contributed by atoms with E-state index in [1.54, 1.807) is 7.05 Å². The number of benzene rings is 1. The maximum Gasteiger partial charge on any atom is 0.191 e. The maximum atomic E-state index is 5.17. The third-order valence-electron chi connectivity index (χ3n) is 3.48. The van der Waals surface area contributed by atoms with Crippen molar-refractivity contribution < 1.29 is 4.52 Å². The van der Waals surface area contributed by atoms with Gasteiger partial charge in [-0.1, -0.05) is 23.4 Å². The van der Waals surface area contributed by atoms with Gasteiger partial charge in [0.15, 0.2) is 5.96 Å². The van der Waals surface area contributed by atoms with Crippen LogP contribution < -0.4 is 10.6 Å². The molecule has 0 bridgehead atoms. The van der Waals surface area contributed by atoms with Crippen LogP contribution in [0.25, 0.3) is 0 Å². The number of guanidine groups is 1. The van der Waals surface area contributed by atoms with Crippen LogP contribution in [0.5, 0.6) is 0 Å². The van der Waals surface area contributed by atoms with Crippen molar-refractivity contribution in [2.75, 3.05) is 25.9 Å². The summed E-state index contributed by atoms with van der Waals surface area (Å²) in [6, 6.07) is 10.4. The third-order valence-corrected chi connectivity index (χ3v) is 4.49. The van der Waals surface area contributed by atoms with Crippen LogP contribution in [0.2, 0.25) is 0 Å². The number of hydrogen-bond acceptors (Lipinski definition) is 4. The smallest absolute Gasteiger partial charge is 0.191 e. The van der Waals surface area contributed by atoms with Crippen LogP contribution in [0.15, 0.2) is 44.7 Å². The van der Waals surface area contributed by atoms with E-state index in [-0.39, 0.29) is 0 Å². The Bertz CT molecular complexity index is 605. The topological polar surface area (TPSA) is 62.5 Å². The Hall–Kier alpha value is -1.95. The number of aryl methyl sites for hydroxylation is 2. The van der Waals surface area contributed by atoms with Crippen LogP contribution >= 0.6 is 11.8 Å². The lowest BCUT2D eigenvalue weighted by atomic mass is 10.1. The standard InChI is InChI=1S/C17H24N4OS/c1-13-16(14(2)22-21-13)9-10-19-17(18-3)20-11-12-23-15-7-5-4-6-8-15/h4-8H,9-12H2,1-3H3,(H2,18,19,20). The normalized spacial score (nSPS) is 11.5. The van der Waals surface area contributed by atoms with Gasteiger partial charge in [-0.3, -0.25) is 4.99 Å². The first-order valence-electron chi connectivity index (χ1n) is 7.75. The number of thioether (sulfide) groups is 1. The molecular weight excluding hydrogens is 308 g/mol. The molecular formula is C17H24N4OS. The minimum absolute atomic E-state index is 0.800. The van der Waals surface area contributed by atoms with Crippen molar-refractivity contribution in [3.63, 3.8) is 0 Å². The van der Waals surface area contributed by atoms with E-state index >= 15 is 0 Å². The number of rotatable bonds is 7. The van der Waals surface area contributed by atoms with Gasteiger partial charge in [0, 0.05) is 36.3 Å². The average molecular weight is 332 g/mol. The van der Waals surface area contributed by atoms with Crippen LogP contribution in [-0.2, 0) is 6.42 Å². The number of hydrogen-bond donors (Lipinski definition) is 2.